The van der Waals surface area contributed by atoms with E-state index in [0.29, 0.717) is 0 Å². The summed E-state index contributed by atoms with van der Waals surface area (Å²) in [6.07, 6.45) is 20.4. The molecule has 1 heterocycles. The van der Waals surface area contributed by atoms with Crippen LogP contribution in [0.2, 0.25) is 0 Å². The Morgan fingerprint density at radius 3 is 2.83 bits per heavy atom. The lowest BCUT2D eigenvalue weighted by Gasteiger charge is -2.29. The van der Waals surface area contributed by atoms with Crippen molar-refractivity contribution in [2.75, 3.05) is 19.6 Å². The van der Waals surface area contributed by atoms with E-state index in [1.165, 1.54) is 43.5 Å². The number of nitrogens with zero attached hydrogens (tertiary/aromatic N) is 1. The van der Waals surface area contributed by atoms with Gasteiger partial charge in [0, 0.05) is 6.54 Å². The zero-order valence-corrected chi connectivity index (χ0v) is 10.7. The number of hydrogen-bond donors (Lipinski definition) is 0. The van der Waals surface area contributed by atoms with Crippen LogP contribution >= 0.6 is 0 Å². The van der Waals surface area contributed by atoms with Crippen molar-refractivity contribution in [2.24, 2.45) is 5.41 Å². The molecule has 0 radical (unpaired) electrons. The van der Waals surface area contributed by atoms with Gasteiger partial charge in [-0.05, 0) is 42.7 Å². The number of likely N-dealkylation sites (tertiary alicyclic amines) is 1. The standard InChI is InChI=1S/C17H19N/c1-4-8-18(9-5-1)13-15-12-17-7-3-2-6-16(17)10-14(15)11-17/h2-3,6-7,10-12H,1,4-5,8-9,13H2. The van der Waals surface area contributed by atoms with Gasteiger partial charge in [0.1, 0.15) is 0 Å². The Labute approximate surface area is 109 Å². The molecule has 4 rings (SSSR count). The fraction of sp³-hybridized carbons (Fsp3) is 0.412. The van der Waals surface area contributed by atoms with Gasteiger partial charge in [0.25, 0.3) is 0 Å². The van der Waals surface area contributed by atoms with Crippen LogP contribution in [0, 0.1) is 5.41 Å². The van der Waals surface area contributed by atoms with Gasteiger partial charge in [-0.1, -0.05) is 49.0 Å². The maximum absolute atomic E-state index is 2.61. The van der Waals surface area contributed by atoms with Crippen LogP contribution in [0.25, 0.3) is 0 Å². The highest BCUT2D eigenvalue weighted by molar-refractivity contribution is 5.67. The van der Waals surface area contributed by atoms with E-state index in [1.807, 2.05) is 0 Å². The minimum absolute atomic E-state index is 0.120. The van der Waals surface area contributed by atoms with E-state index in [2.05, 4.69) is 47.4 Å². The Hall–Kier alpha value is -1.34. The first-order valence-corrected chi connectivity index (χ1v) is 7.11. The summed E-state index contributed by atoms with van der Waals surface area (Å²) < 4.78 is 0. The largest absolute Gasteiger partial charge is 0.299 e. The molecule has 0 aromatic carbocycles. The quantitative estimate of drug-likeness (QED) is 0.711. The highest BCUT2D eigenvalue weighted by Crippen LogP contribution is 2.50. The molecule has 92 valence electrons. The van der Waals surface area contributed by atoms with E-state index in [0.717, 1.165) is 6.54 Å². The van der Waals surface area contributed by atoms with Crippen molar-refractivity contribution in [1.82, 2.24) is 4.90 Å². The normalized spacial score (nSPS) is 33.2. The SMILES string of the molecule is C1=CC2=CC3=CC2(C=C1)C=C3CN1CCCCC1. The third-order valence-corrected chi connectivity index (χ3v) is 4.59. The van der Waals surface area contributed by atoms with Crippen LogP contribution < -0.4 is 0 Å². The lowest BCUT2D eigenvalue weighted by Crippen LogP contribution is -2.31. The summed E-state index contributed by atoms with van der Waals surface area (Å²) in [5, 5.41) is 0. The average Bonchev–Trinajstić information content (AvgIpc) is 2.93. The van der Waals surface area contributed by atoms with Gasteiger partial charge in [-0.3, -0.25) is 4.90 Å². The zero-order chi connectivity index (χ0) is 12.0. The van der Waals surface area contributed by atoms with E-state index >= 15 is 0 Å². The van der Waals surface area contributed by atoms with E-state index in [4.69, 9.17) is 0 Å². The van der Waals surface area contributed by atoms with Crippen molar-refractivity contribution < 1.29 is 0 Å². The summed E-state index contributed by atoms with van der Waals surface area (Å²) in [5.41, 5.74) is 4.57. The molecule has 1 unspecified atom stereocenters. The second-order valence-corrected chi connectivity index (χ2v) is 5.86. The Balaban J connectivity index is 1.56. The Morgan fingerprint density at radius 2 is 1.94 bits per heavy atom. The molecule has 1 atom stereocenters. The van der Waals surface area contributed by atoms with E-state index in [1.54, 1.807) is 5.57 Å². The summed E-state index contributed by atoms with van der Waals surface area (Å²) >= 11 is 0. The summed E-state index contributed by atoms with van der Waals surface area (Å²) in [4.78, 5) is 2.61. The fourth-order valence-corrected chi connectivity index (χ4v) is 3.61. The van der Waals surface area contributed by atoms with Crippen LogP contribution in [0.5, 0.6) is 0 Å². The zero-order valence-electron chi connectivity index (χ0n) is 10.7. The van der Waals surface area contributed by atoms with Crippen molar-refractivity contribution in [3.63, 3.8) is 0 Å². The van der Waals surface area contributed by atoms with Gasteiger partial charge in [-0.15, -0.1) is 0 Å². The smallest absolute Gasteiger partial charge is 0.0511 e. The molecular weight excluding hydrogens is 218 g/mol. The lowest BCUT2D eigenvalue weighted by atomic mass is 9.79. The minimum Gasteiger partial charge on any atom is -0.299 e. The van der Waals surface area contributed by atoms with Crippen LogP contribution in [0.1, 0.15) is 19.3 Å². The fourth-order valence-electron chi connectivity index (χ4n) is 3.61. The number of hydrogen-bond acceptors (Lipinski definition) is 1. The number of piperidine rings is 1. The van der Waals surface area contributed by atoms with E-state index in [-0.39, 0.29) is 5.41 Å². The molecule has 3 aliphatic carbocycles. The number of allylic oxidation sites excluding steroid dienone is 8. The molecule has 0 aromatic rings. The Kier molecular flexibility index (Phi) is 2.25. The van der Waals surface area contributed by atoms with Crippen LogP contribution in [-0.4, -0.2) is 24.5 Å². The van der Waals surface area contributed by atoms with Gasteiger partial charge >= 0.3 is 0 Å². The second kappa shape index (κ2) is 3.83. The lowest BCUT2D eigenvalue weighted by molar-refractivity contribution is 0.247. The molecule has 1 nitrogen and oxygen atoms in total. The van der Waals surface area contributed by atoms with Crippen molar-refractivity contribution in [3.05, 3.63) is 59.3 Å². The van der Waals surface area contributed by atoms with Gasteiger partial charge in [-0.25, -0.2) is 0 Å². The number of rotatable bonds is 2. The monoisotopic (exact) mass is 237 g/mol. The van der Waals surface area contributed by atoms with Gasteiger partial charge in [0.05, 0.1) is 5.41 Å². The second-order valence-electron chi connectivity index (χ2n) is 5.86. The summed E-state index contributed by atoms with van der Waals surface area (Å²) in [7, 11) is 0. The van der Waals surface area contributed by atoms with Gasteiger partial charge in [0.15, 0.2) is 0 Å². The first-order chi connectivity index (χ1) is 8.86. The molecule has 0 amide bonds. The molecule has 2 bridgehead atoms. The molecule has 4 aliphatic rings. The first-order valence-electron chi connectivity index (χ1n) is 7.11. The topological polar surface area (TPSA) is 3.24 Å². The highest BCUT2D eigenvalue weighted by atomic mass is 15.1. The minimum atomic E-state index is 0.120. The third-order valence-electron chi connectivity index (χ3n) is 4.59. The van der Waals surface area contributed by atoms with Crippen LogP contribution in [0.4, 0.5) is 0 Å². The average molecular weight is 237 g/mol. The predicted octanol–water partition coefficient (Wildman–Crippen LogP) is 3.39. The molecule has 0 N–H and O–H groups in total. The van der Waals surface area contributed by atoms with Crippen LogP contribution in [-0.2, 0) is 0 Å². The summed E-state index contributed by atoms with van der Waals surface area (Å²) in [6, 6.07) is 0. The maximum atomic E-state index is 2.61. The molecule has 1 saturated heterocycles. The van der Waals surface area contributed by atoms with Gasteiger partial charge in [-0.2, -0.15) is 0 Å². The predicted molar refractivity (Wildman–Crippen MR) is 75.3 cm³/mol. The molecule has 0 saturated carbocycles. The molecule has 1 fully saturated rings. The third kappa shape index (κ3) is 1.50. The maximum Gasteiger partial charge on any atom is 0.0511 e. The van der Waals surface area contributed by atoms with Crippen molar-refractivity contribution in [1.29, 1.82) is 0 Å². The summed E-state index contributed by atoms with van der Waals surface area (Å²) in [5.74, 6) is 0. The molecule has 1 spiro atoms. The summed E-state index contributed by atoms with van der Waals surface area (Å²) in [6.45, 7) is 3.71. The van der Waals surface area contributed by atoms with Gasteiger partial charge < -0.3 is 0 Å². The molecule has 1 aliphatic heterocycles. The Morgan fingerprint density at radius 1 is 1.06 bits per heavy atom. The van der Waals surface area contributed by atoms with Crippen LogP contribution in [0.15, 0.2) is 59.3 Å². The van der Waals surface area contributed by atoms with E-state index < -0.39 is 0 Å². The Bertz CT molecular complexity index is 524. The van der Waals surface area contributed by atoms with Gasteiger partial charge in [0.2, 0.25) is 0 Å². The van der Waals surface area contributed by atoms with Crippen molar-refractivity contribution in [2.45, 2.75) is 19.3 Å². The van der Waals surface area contributed by atoms with E-state index in [9.17, 15) is 0 Å². The molecule has 1 heteroatoms. The molecular formula is C17H19N. The van der Waals surface area contributed by atoms with Crippen LogP contribution in [0.3, 0.4) is 0 Å². The molecule has 0 aromatic heterocycles. The van der Waals surface area contributed by atoms with Crippen molar-refractivity contribution in [3.8, 4) is 0 Å². The van der Waals surface area contributed by atoms with Crippen molar-refractivity contribution >= 4 is 0 Å². The first kappa shape index (κ1) is 10.6. The highest BCUT2D eigenvalue weighted by Gasteiger charge is 2.38. The molecule has 18 heavy (non-hydrogen) atoms.